The molecule has 1 aromatic carbocycles. The van der Waals surface area contributed by atoms with Gasteiger partial charge in [0.05, 0.1) is 0 Å². The van der Waals surface area contributed by atoms with Crippen LogP contribution >= 0.6 is 0 Å². The van der Waals surface area contributed by atoms with Crippen molar-refractivity contribution < 1.29 is 0 Å². The Morgan fingerprint density at radius 2 is 1.35 bits per heavy atom. The van der Waals surface area contributed by atoms with Crippen LogP contribution in [-0.4, -0.2) is 18.4 Å². The summed E-state index contributed by atoms with van der Waals surface area (Å²) in [6, 6.07) is 10.7. The molecule has 0 nitrogen and oxygen atoms in total. The fourth-order valence-corrected chi connectivity index (χ4v) is 18.3. The summed E-state index contributed by atoms with van der Waals surface area (Å²) in [7, 11) is 0. The van der Waals surface area contributed by atoms with E-state index in [2.05, 4.69) is 69.8 Å². The van der Waals surface area contributed by atoms with Gasteiger partial charge in [0.1, 0.15) is 0 Å². The van der Waals surface area contributed by atoms with E-state index in [9.17, 15) is 0 Å². The molecule has 0 spiro atoms. The Morgan fingerprint density at radius 3 is 1.78 bits per heavy atom. The maximum atomic E-state index is 4.61. The fraction of sp³-hybridized carbons (Fsp3) is 0.545. The molecule has 0 atom stereocenters. The van der Waals surface area contributed by atoms with Crippen LogP contribution in [0.1, 0.15) is 64.9 Å². The van der Waals surface area contributed by atoms with Gasteiger partial charge in [-0.15, -0.1) is 0 Å². The summed E-state index contributed by atoms with van der Waals surface area (Å²) in [5.41, 5.74) is 1.30. The quantitative estimate of drug-likeness (QED) is 0.241. The van der Waals surface area contributed by atoms with Gasteiger partial charge in [0.2, 0.25) is 0 Å². The zero-order valence-electron chi connectivity index (χ0n) is 15.6. The Labute approximate surface area is 149 Å². The van der Waals surface area contributed by atoms with Crippen LogP contribution in [-0.2, 0) is 0 Å². The number of hydrogen-bond donors (Lipinski definition) is 0. The first-order chi connectivity index (χ1) is 11.2. The van der Waals surface area contributed by atoms with E-state index in [-0.39, 0.29) is 0 Å². The third-order valence-corrected chi connectivity index (χ3v) is 20.6. The van der Waals surface area contributed by atoms with Crippen molar-refractivity contribution in [1.29, 1.82) is 0 Å². The molecule has 0 N–H and O–H groups in total. The minimum absolute atomic E-state index is 1.30. The van der Waals surface area contributed by atoms with Gasteiger partial charge in [-0.3, -0.25) is 0 Å². The van der Waals surface area contributed by atoms with Gasteiger partial charge in [0, 0.05) is 0 Å². The second-order valence-electron chi connectivity index (χ2n) is 6.86. The molecule has 0 saturated heterocycles. The summed E-state index contributed by atoms with van der Waals surface area (Å²) < 4.78 is 6.06. The Kier molecular flexibility index (Phi) is 10.7. The van der Waals surface area contributed by atoms with Crippen molar-refractivity contribution in [3.05, 3.63) is 52.1 Å². The average Bonchev–Trinajstić information content (AvgIpc) is 2.60. The van der Waals surface area contributed by atoms with E-state index >= 15 is 0 Å². The van der Waals surface area contributed by atoms with Crippen LogP contribution in [0.15, 0.2) is 46.6 Å². The zero-order valence-corrected chi connectivity index (χ0v) is 18.5. The van der Waals surface area contributed by atoms with Gasteiger partial charge < -0.3 is 0 Å². The number of rotatable bonds is 12. The van der Waals surface area contributed by atoms with Crippen molar-refractivity contribution in [3.63, 3.8) is 0 Å². The number of unbranched alkanes of at least 4 members (excludes halogenated alkanes) is 3. The molecule has 0 aliphatic heterocycles. The molecule has 0 fully saturated rings. The van der Waals surface area contributed by atoms with Crippen molar-refractivity contribution in [1.82, 2.24) is 0 Å². The summed E-state index contributed by atoms with van der Waals surface area (Å²) in [5.74, 6) is 0. The molecule has 0 heterocycles. The predicted octanol–water partition coefficient (Wildman–Crippen LogP) is 7.64. The van der Waals surface area contributed by atoms with E-state index in [4.69, 9.17) is 0 Å². The molecule has 1 aromatic rings. The topological polar surface area (TPSA) is 0 Å². The van der Waals surface area contributed by atoms with Crippen LogP contribution in [0.3, 0.4) is 0 Å². The van der Waals surface area contributed by atoms with Crippen LogP contribution in [0.4, 0.5) is 0 Å². The summed E-state index contributed by atoms with van der Waals surface area (Å²) in [5, 5.41) is 0. The molecule has 0 aliphatic carbocycles. The average molecular weight is 419 g/mol. The van der Waals surface area contributed by atoms with Gasteiger partial charge in [-0.05, 0) is 0 Å². The monoisotopic (exact) mass is 420 g/mol. The SMILES string of the molecule is C=[C](/C=C/c1ccccc1)[Sn]([CH2]CCC)([CH2]CCC)[CH2]CCC. The predicted molar refractivity (Wildman–Crippen MR) is 110 cm³/mol. The van der Waals surface area contributed by atoms with E-state index in [1.807, 2.05) is 0 Å². The second kappa shape index (κ2) is 11.9. The van der Waals surface area contributed by atoms with E-state index in [1.54, 1.807) is 3.59 Å². The molecule has 23 heavy (non-hydrogen) atoms. The fourth-order valence-electron chi connectivity index (χ4n) is 3.34. The molecule has 0 bridgehead atoms. The van der Waals surface area contributed by atoms with Gasteiger partial charge >= 0.3 is 149 Å². The maximum absolute atomic E-state index is 4.61. The van der Waals surface area contributed by atoms with Crippen molar-refractivity contribution in [2.75, 3.05) is 0 Å². The number of allylic oxidation sites excluding steroid dienone is 2. The first-order valence-corrected chi connectivity index (χ1v) is 17.1. The Balaban J connectivity index is 2.93. The molecular formula is C22H36Sn. The normalized spacial score (nSPS) is 12.0. The molecule has 0 saturated carbocycles. The van der Waals surface area contributed by atoms with Crippen LogP contribution in [0, 0.1) is 0 Å². The van der Waals surface area contributed by atoms with E-state index in [1.165, 1.54) is 57.4 Å². The number of benzene rings is 1. The second-order valence-corrected chi connectivity index (χ2v) is 20.3. The van der Waals surface area contributed by atoms with Gasteiger partial charge in [0.15, 0.2) is 0 Å². The standard InChI is InChI=1S/C10H9.3C4H9.Sn/c1-2-3-7-10-8-5-4-6-9-10;3*1-3-4-2;/h3-9H,1H2;3*1,3-4H2,2H3;/b7-3+;;;;. The third-order valence-electron chi connectivity index (χ3n) is 4.98. The van der Waals surface area contributed by atoms with Crippen LogP contribution in [0.25, 0.3) is 6.08 Å². The molecule has 0 aromatic heterocycles. The van der Waals surface area contributed by atoms with Crippen molar-refractivity contribution in [2.24, 2.45) is 0 Å². The molecule has 0 amide bonds. The first-order valence-electron chi connectivity index (χ1n) is 9.61. The van der Waals surface area contributed by atoms with E-state index < -0.39 is 18.4 Å². The van der Waals surface area contributed by atoms with Crippen molar-refractivity contribution in [3.8, 4) is 0 Å². The molecule has 0 aliphatic rings. The summed E-state index contributed by atoms with van der Waals surface area (Å²) >= 11 is -2.27. The van der Waals surface area contributed by atoms with Gasteiger partial charge in [-0.2, -0.15) is 0 Å². The molecule has 1 heteroatoms. The van der Waals surface area contributed by atoms with E-state index in [0.29, 0.717) is 0 Å². The Hall–Kier alpha value is -0.501. The van der Waals surface area contributed by atoms with E-state index in [0.717, 1.165) is 0 Å². The summed E-state index contributed by atoms with van der Waals surface area (Å²) in [6.07, 6.45) is 12.9. The third kappa shape index (κ3) is 7.28. The van der Waals surface area contributed by atoms with Gasteiger partial charge in [0.25, 0.3) is 0 Å². The number of hydrogen-bond acceptors (Lipinski definition) is 0. The minimum atomic E-state index is -2.27. The molecule has 0 radical (unpaired) electrons. The van der Waals surface area contributed by atoms with Gasteiger partial charge in [-0.1, -0.05) is 0 Å². The zero-order chi connectivity index (χ0) is 17.0. The summed E-state index contributed by atoms with van der Waals surface area (Å²) in [6.45, 7) is 11.6. The summed E-state index contributed by atoms with van der Waals surface area (Å²) in [4.78, 5) is 0. The Bertz CT molecular complexity index is 436. The van der Waals surface area contributed by atoms with Crippen molar-refractivity contribution >= 4 is 24.5 Å². The Morgan fingerprint density at radius 1 is 0.870 bits per heavy atom. The van der Waals surface area contributed by atoms with Crippen LogP contribution in [0.5, 0.6) is 0 Å². The molecular weight excluding hydrogens is 383 g/mol. The molecule has 1 rings (SSSR count). The first kappa shape index (κ1) is 20.5. The van der Waals surface area contributed by atoms with Gasteiger partial charge in [-0.25, -0.2) is 0 Å². The van der Waals surface area contributed by atoms with Crippen LogP contribution < -0.4 is 0 Å². The molecule has 128 valence electrons. The van der Waals surface area contributed by atoms with Crippen molar-refractivity contribution in [2.45, 2.75) is 72.6 Å². The molecule has 0 unspecified atom stereocenters. The van der Waals surface area contributed by atoms with Crippen LogP contribution in [0.2, 0.25) is 13.3 Å².